The largest absolute Gasteiger partial charge is 0.476 e. The molecule has 1 saturated carbocycles. The van der Waals surface area contributed by atoms with Crippen molar-refractivity contribution in [2.45, 2.75) is 69.8 Å². The highest BCUT2D eigenvalue weighted by molar-refractivity contribution is 7.90. The normalized spacial score (nSPS) is 20.0. The van der Waals surface area contributed by atoms with Crippen LogP contribution in [0.2, 0.25) is 10.0 Å². The van der Waals surface area contributed by atoms with Gasteiger partial charge in [0.25, 0.3) is 15.9 Å². The highest BCUT2D eigenvalue weighted by Gasteiger charge is 2.30. The molecule has 316 valence electrons. The monoisotopic (exact) mass is 872 g/mol. The van der Waals surface area contributed by atoms with E-state index in [-0.39, 0.29) is 44.5 Å². The molecule has 1 saturated heterocycles. The fraction of sp³-hybridized carbons (Fsp3) is 0.400. The summed E-state index contributed by atoms with van der Waals surface area (Å²) in [6.45, 7) is 9.13. The molecule has 1 amide bonds. The Morgan fingerprint density at radius 2 is 1.73 bits per heavy atom. The summed E-state index contributed by atoms with van der Waals surface area (Å²) in [5.41, 5.74) is 5.94. The second-order valence-corrected chi connectivity index (χ2v) is 19.5. The minimum Gasteiger partial charge on any atom is -0.476 e. The molecule has 4 heterocycles. The lowest BCUT2D eigenvalue weighted by Crippen LogP contribution is -2.47. The summed E-state index contributed by atoms with van der Waals surface area (Å²) in [6.07, 6.45) is 10.5. The summed E-state index contributed by atoms with van der Waals surface area (Å²) in [5, 5.41) is 11.4. The average molecular weight is 874 g/mol. The van der Waals surface area contributed by atoms with E-state index in [9.17, 15) is 18.3 Å². The number of hydrogen-bond acceptors (Lipinski definition) is 10. The third-order valence-electron chi connectivity index (χ3n) is 11.9. The Hall–Kier alpha value is -4.66. The van der Waals surface area contributed by atoms with E-state index < -0.39 is 15.9 Å². The van der Waals surface area contributed by atoms with E-state index in [1.54, 1.807) is 30.6 Å². The number of halogens is 2. The van der Waals surface area contributed by atoms with Gasteiger partial charge in [0, 0.05) is 61.1 Å². The number of nitrogens with one attached hydrogen (secondary N) is 2. The number of carbonyl (C=O) groups is 1. The lowest BCUT2D eigenvalue weighted by atomic mass is 9.72. The van der Waals surface area contributed by atoms with Gasteiger partial charge >= 0.3 is 0 Å². The minimum atomic E-state index is -4.41. The molecule has 2 aliphatic carbocycles. The van der Waals surface area contributed by atoms with Gasteiger partial charge in [-0.05, 0) is 110 Å². The zero-order valence-corrected chi connectivity index (χ0v) is 36.1. The van der Waals surface area contributed by atoms with Crippen LogP contribution in [-0.4, -0.2) is 84.7 Å². The maximum absolute atomic E-state index is 13.9. The number of anilines is 1. The predicted octanol–water partition coefficient (Wildman–Crippen LogP) is 8.89. The van der Waals surface area contributed by atoms with Crippen molar-refractivity contribution in [1.82, 2.24) is 24.6 Å². The van der Waals surface area contributed by atoms with Crippen molar-refractivity contribution >= 4 is 61.4 Å². The highest BCUT2D eigenvalue weighted by atomic mass is 35.5. The van der Waals surface area contributed by atoms with Gasteiger partial charge in [0.1, 0.15) is 27.1 Å². The van der Waals surface area contributed by atoms with E-state index in [0.717, 1.165) is 87.1 Å². The first kappa shape index (κ1) is 42.0. The second kappa shape index (κ2) is 17.7. The third kappa shape index (κ3) is 9.92. The van der Waals surface area contributed by atoms with Gasteiger partial charge in [0.2, 0.25) is 5.88 Å². The van der Waals surface area contributed by atoms with Crippen LogP contribution in [0.15, 0.2) is 89.7 Å². The first-order chi connectivity index (χ1) is 28.8. The molecule has 1 aliphatic heterocycles. The summed E-state index contributed by atoms with van der Waals surface area (Å²) < 4.78 is 41.5. The van der Waals surface area contributed by atoms with E-state index in [1.165, 1.54) is 22.8 Å². The minimum absolute atomic E-state index is 0.00343. The number of aromatic nitrogens is 3. The Balaban J connectivity index is 0.979. The van der Waals surface area contributed by atoms with Gasteiger partial charge in [0.15, 0.2) is 0 Å². The topological polar surface area (TPSA) is 150 Å². The number of H-pyrrole nitrogens is 1. The highest BCUT2D eigenvalue weighted by Crippen LogP contribution is 2.43. The van der Waals surface area contributed by atoms with Crippen molar-refractivity contribution in [3.8, 4) is 17.4 Å². The number of benzene rings is 2. The first-order valence-electron chi connectivity index (χ1n) is 20.5. The SMILES string of the molecule is CC1(C)CCC(CN2CCN(c3ccc(C(=O)NS(=O)(=O)c4cnc(OCC5CCC(O)CC5)c(Cl)c4)c(Oc4cnc5[nH]ccc5c4)c3)CC2)=C(c2ccc(Cl)cc2)C1. The van der Waals surface area contributed by atoms with E-state index in [4.69, 9.17) is 32.7 Å². The van der Waals surface area contributed by atoms with Crippen LogP contribution < -0.4 is 19.1 Å². The van der Waals surface area contributed by atoms with Gasteiger partial charge in [-0.15, -0.1) is 0 Å². The van der Waals surface area contributed by atoms with Gasteiger partial charge in [0.05, 0.1) is 30.7 Å². The van der Waals surface area contributed by atoms with Crippen molar-refractivity contribution in [3.05, 3.63) is 106 Å². The molecule has 0 atom stereocenters. The molecule has 3 N–H and O–H groups in total. The number of piperazine rings is 1. The van der Waals surface area contributed by atoms with E-state index in [1.807, 2.05) is 24.3 Å². The standard InChI is InChI=1S/C45H50Cl2N6O6S/c1-45(2)15-13-32(39(24-45)30-5-7-33(46)8-6-30)27-52-17-19-53(20-18-52)34-9-12-38(41(22-34)59-36-21-31-14-16-48-42(31)49-25-36)43(55)51-60(56,57)37-23-40(47)44(50-26-37)58-28-29-3-10-35(54)11-4-29/h5-9,12,14,16,21-23,25-26,29,35,54H,3-4,10-11,13,15,17-20,24,27-28H2,1-2H3,(H,48,49)(H,51,55). The zero-order valence-electron chi connectivity index (χ0n) is 33.8. The first-order valence-corrected chi connectivity index (χ1v) is 22.8. The zero-order chi connectivity index (χ0) is 42.0. The van der Waals surface area contributed by atoms with E-state index in [2.05, 4.69) is 55.5 Å². The molecule has 2 aromatic carbocycles. The number of fused-ring (bicyclic) bond motifs is 1. The van der Waals surface area contributed by atoms with Crippen LogP contribution in [0.3, 0.4) is 0 Å². The maximum Gasteiger partial charge on any atom is 0.268 e. The fourth-order valence-corrected chi connectivity index (χ4v) is 9.73. The molecule has 3 aliphatic rings. The summed E-state index contributed by atoms with van der Waals surface area (Å²) in [7, 11) is -4.41. The van der Waals surface area contributed by atoms with Crippen LogP contribution in [0.25, 0.3) is 16.6 Å². The molecule has 0 bridgehead atoms. The molecular formula is C45H50Cl2N6O6S. The quantitative estimate of drug-likeness (QED) is 0.111. The Kier molecular flexibility index (Phi) is 12.4. The molecule has 2 fully saturated rings. The fourth-order valence-electron chi connectivity index (χ4n) is 8.39. The summed E-state index contributed by atoms with van der Waals surface area (Å²) in [6, 6.07) is 18.3. The Morgan fingerprint density at radius 1 is 0.967 bits per heavy atom. The number of ether oxygens (including phenoxy) is 2. The summed E-state index contributed by atoms with van der Waals surface area (Å²) >= 11 is 12.7. The van der Waals surface area contributed by atoms with Crippen molar-refractivity contribution in [2.24, 2.45) is 11.3 Å². The van der Waals surface area contributed by atoms with Crippen LogP contribution >= 0.6 is 23.2 Å². The molecule has 8 rings (SSSR count). The maximum atomic E-state index is 13.9. The molecule has 0 radical (unpaired) electrons. The Morgan fingerprint density at radius 3 is 2.48 bits per heavy atom. The molecule has 0 unspecified atom stereocenters. The number of nitrogens with zero attached hydrogens (tertiary/aromatic N) is 4. The third-order valence-corrected chi connectivity index (χ3v) is 13.8. The number of hydrogen-bond donors (Lipinski definition) is 3. The molecule has 3 aromatic heterocycles. The predicted molar refractivity (Wildman–Crippen MR) is 235 cm³/mol. The smallest absolute Gasteiger partial charge is 0.268 e. The summed E-state index contributed by atoms with van der Waals surface area (Å²) in [5.74, 6) is 0.0304. The van der Waals surface area contributed by atoms with Crippen LogP contribution in [0.1, 0.15) is 74.7 Å². The molecule has 12 nitrogen and oxygen atoms in total. The van der Waals surface area contributed by atoms with Crippen LogP contribution in [0.4, 0.5) is 5.69 Å². The number of carbonyl (C=O) groups excluding carboxylic acids is 1. The molecule has 0 spiro atoms. The number of allylic oxidation sites excluding steroid dienone is 1. The lowest BCUT2D eigenvalue weighted by Gasteiger charge is -2.39. The van der Waals surface area contributed by atoms with Crippen molar-refractivity contribution < 1.29 is 27.8 Å². The molecular weight excluding hydrogens is 824 g/mol. The number of aliphatic hydroxyl groups is 1. The van der Waals surface area contributed by atoms with Gasteiger partial charge in [-0.1, -0.05) is 54.8 Å². The van der Waals surface area contributed by atoms with E-state index >= 15 is 0 Å². The number of aromatic amines is 1. The second-order valence-electron chi connectivity index (χ2n) is 16.9. The van der Waals surface area contributed by atoms with Crippen LogP contribution in [0.5, 0.6) is 17.4 Å². The van der Waals surface area contributed by atoms with Crippen molar-refractivity contribution in [1.29, 1.82) is 0 Å². The van der Waals surface area contributed by atoms with Crippen molar-refractivity contribution in [2.75, 3.05) is 44.2 Å². The number of rotatable bonds is 12. The molecule has 5 aromatic rings. The lowest BCUT2D eigenvalue weighted by molar-refractivity contribution is 0.0908. The number of aliphatic hydroxyl groups excluding tert-OH is 1. The molecule has 15 heteroatoms. The van der Waals surface area contributed by atoms with Gasteiger partial charge < -0.3 is 24.5 Å². The van der Waals surface area contributed by atoms with Crippen LogP contribution in [-0.2, 0) is 10.0 Å². The Labute approximate surface area is 361 Å². The van der Waals surface area contributed by atoms with Crippen molar-refractivity contribution in [3.63, 3.8) is 0 Å². The number of pyridine rings is 2. The summed E-state index contributed by atoms with van der Waals surface area (Å²) in [4.78, 5) is 30.0. The average Bonchev–Trinajstić information content (AvgIpc) is 3.70. The van der Waals surface area contributed by atoms with Gasteiger partial charge in [-0.25, -0.2) is 23.1 Å². The van der Waals surface area contributed by atoms with Gasteiger partial charge in [-0.3, -0.25) is 9.69 Å². The van der Waals surface area contributed by atoms with E-state index in [0.29, 0.717) is 30.8 Å². The number of sulfonamides is 1. The van der Waals surface area contributed by atoms with Gasteiger partial charge in [-0.2, -0.15) is 0 Å². The van der Waals surface area contributed by atoms with Crippen LogP contribution in [0, 0.1) is 11.3 Å². The number of amides is 1. The molecule has 60 heavy (non-hydrogen) atoms. The Bertz CT molecular complexity index is 2490.